The van der Waals surface area contributed by atoms with Gasteiger partial charge in [-0.3, -0.25) is 9.69 Å². The number of likely N-dealkylation sites (N-methyl/N-ethyl adjacent to an activating group) is 1. The third kappa shape index (κ3) is 3.43. The predicted octanol–water partition coefficient (Wildman–Crippen LogP) is 0.995. The van der Waals surface area contributed by atoms with Gasteiger partial charge in [0.05, 0.1) is 25.6 Å². The van der Waals surface area contributed by atoms with Crippen LogP contribution in [0.3, 0.4) is 0 Å². The van der Waals surface area contributed by atoms with Gasteiger partial charge in [0.25, 0.3) is 5.56 Å². The summed E-state index contributed by atoms with van der Waals surface area (Å²) in [5, 5.41) is 0. The topological polar surface area (TPSA) is 55.5 Å². The Morgan fingerprint density at radius 2 is 2.14 bits per heavy atom. The summed E-state index contributed by atoms with van der Waals surface area (Å²) in [5.74, 6) is 1.06. The maximum absolute atomic E-state index is 13.2. The molecule has 0 unspecified atom stereocenters. The minimum absolute atomic E-state index is 0.210. The molecular weight excluding hydrogens is 354 g/mol. The number of imidazole rings is 1. The molecule has 0 N–H and O–H groups in total. The average molecular weight is 383 g/mol. The number of fused-ring (bicyclic) bond motifs is 4. The van der Waals surface area contributed by atoms with Crippen molar-refractivity contribution in [1.82, 2.24) is 23.9 Å². The summed E-state index contributed by atoms with van der Waals surface area (Å²) in [4.78, 5) is 22.1. The molecule has 2 bridgehead atoms. The molecule has 5 heterocycles. The first-order chi connectivity index (χ1) is 13.7. The van der Waals surface area contributed by atoms with E-state index in [9.17, 15) is 4.79 Å². The highest BCUT2D eigenvalue weighted by Gasteiger charge is 2.39. The molecule has 150 valence electrons. The molecular formula is C21H29N5O2. The monoisotopic (exact) mass is 383 g/mol. The summed E-state index contributed by atoms with van der Waals surface area (Å²) in [5.41, 5.74) is 2.35. The lowest BCUT2D eigenvalue weighted by Gasteiger charge is -2.47. The molecule has 3 aliphatic heterocycles. The Kier molecular flexibility index (Phi) is 4.82. The fourth-order valence-electron chi connectivity index (χ4n) is 4.96. The van der Waals surface area contributed by atoms with Crippen molar-refractivity contribution >= 4 is 0 Å². The summed E-state index contributed by atoms with van der Waals surface area (Å²) in [6, 6.07) is 4.86. The van der Waals surface area contributed by atoms with Crippen molar-refractivity contribution < 1.29 is 4.74 Å². The van der Waals surface area contributed by atoms with E-state index in [1.165, 1.54) is 12.1 Å². The van der Waals surface area contributed by atoms with E-state index in [4.69, 9.17) is 4.74 Å². The van der Waals surface area contributed by atoms with Crippen molar-refractivity contribution in [2.75, 3.05) is 39.9 Å². The van der Waals surface area contributed by atoms with Gasteiger partial charge in [-0.2, -0.15) is 0 Å². The zero-order chi connectivity index (χ0) is 19.1. The fourth-order valence-corrected chi connectivity index (χ4v) is 4.96. The lowest BCUT2D eigenvalue weighted by Crippen LogP contribution is -2.56. The summed E-state index contributed by atoms with van der Waals surface area (Å²) < 4.78 is 9.53. The van der Waals surface area contributed by atoms with Gasteiger partial charge < -0.3 is 18.8 Å². The zero-order valence-electron chi connectivity index (χ0n) is 16.5. The Labute approximate surface area is 165 Å². The molecule has 0 spiro atoms. The maximum atomic E-state index is 13.2. The van der Waals surface area contributed by atoms with Crippen molar-refractivity contribution in [1.29, 1.82) is 0 Å². The largest absolute Gasteiger partial charge is 0.378 e. The molecule has 2 aromatic rings. The van der Waals surface area contributed by atoms with Gasteiger partial charge in [0, 0.05) is 68.8 Å². The maximum Gasteiger partial charge on any atom is 0.255 e. The van der Waals surface area contributed by atoms with E-state index < -0.39 is 0 Å². The Morgan fingerprint density at radius 1 is 1.25 bits per heavy atom. The molecule has 0 saturated carbocycles. The smallest absolute Gasteiger partial charge is 0.255 e. The van der Waals surface area contributed by atoms with E-state index in [1.807, 2.05) is 12.5 Å². The van der Waals surface area contributed by atoms with Gasteiger partial charge in [0.1, 0.15) is 0 Å². The lowest BCUT2D eigenvalue weighted by molar-refractivity contribution is -0.0827. The first kappa shape index (κ1) is 18.1. The summed E-state index contributed by atoms with van der Waals surface area (Å²) >= 11 is 0. The number of ether oxygens (including phenoxy) is 1. The highest BCUT2D eigenvalue weighted by atomic mass is 16.5. The van der Waals surface area contributed by atoms with Crippen molar-refractivity contribution in [3.63, 3.8) is 0 Å². The number of piperidine rings is 1. The third-order valence-electron chi connectivity index (χ3n) is 6.59. The zero-order valence-corrected chi connectivity index (χ0v) is 16.5. The summed E-state index contributed by atoms with van der Waals surface area (Å²) in [7, 11) is 2.08. The molecule has 0 aromatic carbocycles. The van der Waals surface area contributed by atoms with Crippen LogP contribution in [0.5, 0.6) is 0 Å². The average Bonchev–Trinajstić information content (AvgIpc) is 3.15. The number of aromatic nitrogens is 3. The highest BCUT2D eigenvalue weighted by Crippen LogP contribution is 2.36. The minimum atomic E-state index is 0.210. The van der Waals surface area contributed by atoms with E-state index in [1.54, 1.807) is 6.20 Å². The van der Waals surface area contributed by atoms with Crippen LogP contribution in [0.15, 0.2) is 35.6 Å². The molecule has 0 radical (unpaired) electrons. The van der Waals surface area contributed by atoms with Crippen LogP contribution in [-0.4, -0.2) is 69.9 Å². The molecule has 28 heavy (non-hydrogen) atoms. The quantitative estimate of drug-likeness (QED) is 0.745. The molecule has 2 aromatic heterocycles. The Balaban J connectivity index is 1.29. The van der Waals surface area contributed by atoms with Crippen molar-refractivity contribution in [2.24, 2.45) is 5.92 Å². The highest BCUT2D eigenvalue weighted by molar-refractivity contribution is 5.22. The summed E-state index contributed by atoms with van der Waals surface area (Å²) in [6.07, 6.45) is 6.82. The van der Waals surface area contributed by atoms with Crippen LogP contribution in [0.4, 0.5) is 0 Å². The Hall–Kier alpha value is -1.96. The summed E-state index contributed by atoms with van der Waals surface area (Å²) in [6.45, 7) is 7.23. The molecule has 0 amide bonds. The number of hydrogen-bond donors (Lipinski definition) is 0. The molecule has 7 heteroatoms. The molecule has 0 aliphatic carbocycles. The number of pyridine rings is 1. The van der Waals surface area contributed by atoms with Gasteiger partial charge in [-0.05, 0) is 25.5 Å². The number of likely N-dealkylation sites (tertiary alicyclic amines) is 1. The van der Waals surface area contributed by atoms with E-state index >= 15 is 0 Å². The van der Waals surface area contributed by atoms with Crippen molar-refractivity contribution in [2.45, 2.75) is 38.0 Å². The molecule has 3 aliphatic rings. The first-order valence-electron chi connectivity index (χ1n) is 10.4. The molecule has 2 fully saturated rings. The van der Waals surface area contributed by atoms with Crippen molar-refractivity contribution in [3.05, 3.63) is 52.5 Å². The van der Waals surface area contributed by atoms with E-state index in [-0.39, 0.29) is 5.56 Å². The normalized spacial score (nSPS) is 24.9. The van der Waals surface area contributed by atoms with E-state index in [2.05, 4.69) is 43.1 Å². The van der Waals surface area contributed by atoms with E-state index in [0.29, 0.717) is 24.4 Å². The van der Waals surface area contributed by atoms with Gasteiger partial charge in [0.15, 0.2) is 0 Å². The fraction of sp³-hybridized carbons (Fsp3) is 0.619. The van der Waals surface area contributed by atoms with Crippen LogP contribution in [0.25, 0.3) is 0 Å². The second-order valence-electron chi connectivity index (χ2n) is 8.68. The molecule has 2 saturated heterocycles. The standard InChI is InChI=1S/C21H29N5O2/c1-23(6-7-24-5-4-22-15-24)11-17-2-3-20-18-8-16(10-26(20)21(17)27)9-25(12-18)19-13-28-14-19/h2-5,15-16,18-19H,6-14H2,1H3/t16-,18+/m0/s1. The molecule has 2 atom stereocenters. The van der Waals surface area contributed by atoms with Crippen LogP contribution in [-0.2, 0) is 24.4 Å². The number of nitrogens with zero attached hydrogens (tertiary/aromatic N) is 5. The van der Waals surface area contributed by atoms with Gasteiger partial charge in [-0.15, -0.1) is 0 Å². The van der Waals surface area contributed by atoms with Gasteiger partial charge >= 0.3 is 0 Å². The predicted molar refractivity (Wildman–Crippen MR) is 106 cm³/mol. The van der Waals surface area contributed by atoms with Gasteiger partial charge in [-0.25, -0.2) is 4.98 Å². The Morgan fingerprint density at radius 3 is 2.89 bits per heavy atom. The molecule has 7 nitrogen and oxygen atoms in total. The van der Waals surface area contributed by atoms with Crippen LogP contribution < -0.4 is 5.56 Å². The second kappa shape index (κ2) is 7.46. The number of hydrogen-bond acceptors (Lipinski definition) is 5. The number of rotatable bonds is 6. The van der Waals surface area contributed by atoms with Gasteiger partial charge in [-0.1, -0.05) is 6.07 Å². The third-order valence-corrected chi connectivity index (χ3v) is 6.59. The molecule has 5 rings (SSSR count). The van der Waals surface area contributed by atoms with Crippen LogP contribution in [0.2, 0.25) is 0 Å². The van der Waals surface area contributed by atoms with Crippen LogP contribution in [0, 0.1) is 5.92 Å². The second-order valence-corrected chi connectivity index (χ2v) is 8.68. The minimum Gasteiger partial charge on any atom is -0.378 e. The van der Waals surface area contributed by atoms with Gasteiger partial charge in [0.2, 0.25) is 0 Å². The Bertz CT molecular complexity index is 873. The van der Waals surface area contributed by atoms with Crippen LogP contribution >= 0.6 is 0 Å². The van der Waals surface area contributed by atoms with Crippen LogP contribution in [0.1, 0.15) is 23.6 Å². The SMILES string of the molecule is CN(CCn1ccnc1)Cc1ccc2n(c1=O)C[C@H]1C[C@@H]2CN(C2COC2)C1. The van der Waals surface area contributed by atoms with Crippen molar-refractivity contribution in [3.8, 4) is 0 Å². The lowest BCUT2D eigenvalue weighted by atomic mass is 9.82. The first-order valence-corrected chi connectivity index (χ1v) is 10.4. The van der Waals surface area contributed by atoms with E-state index in [0.717, 1.165) is 51.5 Å².